The van der Waals surface area contributed by atoms with E-state index in [0.29, 0.717) is 30.1 Å². The lowest BCUT2D eigenvalue weighted by Gasteiger charge is -2.19. The summed E-state index contributed by atoms with van der Waals surface area (Å²) in [7, 11) is 0. The fourth-order valence-electron chi connectivity index (χ4n) is 2.51. The van der Waals surface area contributed by atoms with Crippen molar-refractivity contribution in [2.75, 3.05) is 0 Å². The highest BCUT2D eigenvalue weighted by atomic mass is 16.5. The number of carboxylic acids is 1. The van der Waals surface area contributed by atoms with E-state index in [1.165, 1.54) is 9.25 Å². The van der Waals surface area contributed by atoms with Crippen LogP contribution in [0.3, 0.4) is 0 Å². The summed E-state index contributed by atoms with van der Waals surface area (Å²) in [5.74, 6) is 0.180. The van der Waals surface area contributed by atoms with Crippen LogP contribution >= 0.6 is 0 Å². The Kier molecular flexibility index (Phi) is 2.92. The molecule has 0 radical (unpaired) electrons. The van der Waals surface area contributed by atoms with Crippen LogP contribution in [0.4, 0.5) is 0 Å². The molecule has 1 aliphatic rings. The molecule has 3 rings (SSSR count). The number of aryl methyl sites for hydroxylation is 2. The Labute approximate surface area is 113 Å². The monoisotopic (exact) mass is 278 g/mol. The average molecular weight is 278 g/mol. The maximum Gasteiger partial charge on any atom is 0.347 e. The lowest BCUT2D eigenvalue weighted by Crippen LogP contribution is -2.34. The maximum atomic E-state index is 12.3. The molecule has 3 heterocycles. The summed E-state index contributed by atoms with van der Waals surface area (Å²) in [4.78, 5) is 23.5. The molecule has 0 aliphatic carbocycles. The SMILES string of the molecule is Cc1cc(Cn2nc3n(c2=O)C(C(=O)O)CCC3)no1. The summed E-state index contributed by atoms with van der Waals surface area (Å²) >= 11 is 0. The quantitative estimate of drug-likeness (QED) is 0.869. The molecule has 0 aromatic carbocycles. The summed E-state index contributed by atoms with van der Waals surface area (Å²) < 4.78 is 7.46. The van der Waals surface area contributed by atoms with Gasteiger partial charge in [0.25, 0.3) is 0 Å². The Bertz CT molecular complexity index is 711. The Morgan fingerprint density at radius 3 is 3.05 bits per heavy atom. The summed E-state index contributed by atoms with van der Waals surface area (Å²) in [5.41, 5.74) is 0.180. The van der Waals surface area contributed by atoms with Gasteiger partial charge in [-0.25, -0.2) is 14.3 Å². The van der Waals surface area contributed by atoms with E-state index in [2.05, 4.69) is 10.3 Å². The highest BCUT2D eigenvalue weighted by Crippen LogP contribution is 2.21. The van der Waals surface area contributed by atoms with Crippen LogP contribution in [-0.2, 0) is 17.8 Å². The first-order chi connectivity index (χ1) is 9.56. The molecule has 0 saturated carbocycles. The second kappa shape index (κ2) is 4.62. The number of hydrogen-bond acceptors (Lipinski definition) is 5. The van der Waals surface area contributed by atoms with Gasteiger partial charge in [0.05, 0.1) is 6.54 Å². The molecule has 106 valence electrons. The Hall–Kier alpha value is -2.38. The van der Waals surface area contributed by atoms with Gasteiger partial charge in [-0.2, -0.15) is 5.10 Å². The van der Waals surface area contributed by atoms with Gasteiger partial charge in [-0.05, 0) is 19.8 Å². The number of aromatic nitrogens is 4. The van der Waals surface area contributed by atoms with Gasteiger partial charge in [0, 0.05) is 12.5 Å². The van der Waals surface area contributed by atoms with Crippen LogP contribution in [-0.4, -0.2) is 30.6 Å². The van der Waals surface area contributed by atoms with Crippen LogP contribution in [0.25, 0.3) is 0 Å². The number of carboxylic acid groups (broad SMARTS) is 1. The van der Waals surface area contributed by atoms with Gasteiger partial charge in [-0.3, -0.25) is 4.57 Å². The topological polar surface area (TPSA) is 103 Å². The van der Waals surface area contributed by atoms with E-state index in [1.807, 2.05) is 0 Å². The van der Waals surface area contributed by atoms with Crippen LogP contribution in [0, 0.1) is 6.92 Å². The lowest BCUT2D eigenvalue weighted by atomic mass is 10.1. The largest absolute Gasteiger partial charge is 0.480 e. The van der Waals surface area contributed by atoms with Gasteiger partial charge in [0.2, 0.25) is 0 Å². The van der Waals surface area contributed by atoms with Gasteiger partial charge >= 0.3 is 11.7 Å². The fourth-order valence-corrected chi connectivity index (χ4v) is 2.51. The van der Waals surface area contributed by atoms with E-state index in [4.69, 9.17) is 4.52 Å². The normalized spacial score (nSPS) is 17.9. The number of nitrogens with zero attached hydrogens (tertiary/aromatic N) is 4. The first-order valence-electron chi connectivity index (χ1n) is 6.39. The third-order valence-corrected chi connectivity index (χ3v) is 3.40. The number of carbonyl (C=O) groups is 1. The molecule has 0 amide bonds. The van der Waals surface area contributed by atoms with E-state index in [-0.39, 0.29) is 6.54 Å². The van der Waals surface area contributed by atoms with Gasteiger partial charge in [0.15, 0.2) is 0 Å². The summed E-state index contributed by atoms with van der Waals surface area (Å²) in [6.07, 6.45) is 1.79. The molecule has 0 fully saturated rings. The molecule has 1 aliphatic heterocycles. The third kappa shape index (κ3) is 2.02. The zero-order valence-electron chi connectivity index (χ0n) is 10.9. The van der Waals surface area contributed by atoms with Crippen molar-refractivity contribution in [3.05, 3.63) is 33.8 Å². The first-order valence-corrected chi connectivity index (χ1v) is 6.39. The second-order valence-corrected chi connectivity index (χ2v) is 4.90. The number of aliphatic carboxylic acids is 1. The molecule has 2 aromatic rings. The van der Waals surface area contributed by atoms with Crippen LogP contribution in [0.2, 0.25) is 0 Å². The van der Waals surface area contributed by atoms with Crippen LogP contribution < -0.4 is 5.69 Å². The molecule has 1 N–H and O–H groups in total. The average Bonchev–Trinajstić information content (AvgIpc) is 2.95. The second-order valence-electron chi connectivity index (χ2n) is 4.90. The Morgan fingerprint density at radius 1 is 1.60 bits per heavy atom. The molecular formula is C12H14N4O4. The van der Waals surface area contributed by atoms with E-state index in [9.17, 15) is 14.7 Å². The standard InChI is InChI=1S/C12H14N4O4/c1-7-5-8(14-20-7)6-15-12(19)16-9(11(17)18)3-2-4-10(16)13-15/h5,9H,2-4,6H2,1H3,(H,17,18). The summed E-state index contributed by atoms with van der Waals surface area (Å²) in [5, 5.41) is 17.2. The van der Waals surface area contributed by atoms with Crippen molar-refractivity contribution in [1.29, 1.82) is 0 Å². The van der Waals surface area contributed by atoms with Gasteiger partial charge in [-0.1, -0.05) is 5.16 Å². The molecule has 1 atom stereocenters. The van der Waals surface area contributed by atoms with Crippen molar-refractivity contribution < 1.29 is 14.4 Å². The number of fused-ring (bicyclic) bond motifs is 1. The Balaban J connectivity index is 1.98. The fraction of sp³-hybridized carbons (Fsp3) is 0.500. The van der Waals surface area contributed by atoms with Crippen molar-refractivity contribution in [3.8, 4) is 0 Å². The van der Waals surface area contributed by atoms with Crippen LogP contribution in [0.1, 0.15) is 36.2 Å². The molecule has 0 bridgehead atoms. The molecule has 8 heteroatoms. The Morgan fingerprint density at radius 2 is 2.40 bits per heavy atom. The van der Waals surface area contributed by atoms with Crippen molar-refractivity contribution in [2.24, 2.45) is 0 Å². The van der Waals surface area contributed by atoms with Gasteiger partial charge in [0.1, 0.15) is 23.3 Å². The number of rotatable bonds is 3. The predicted octanol–water partition coefficient (Wildman–Crippen LogP) is 0.352. The van der Waals surface area contributed by atoms with Crippen molar-refractivity contribution >= 4 is 5.97 Å². The number of hydrogen-bond donors (Lipinski definition) is 1. The molecule has 2 aromatic heterocycles. The molecule has 8 nitrogen and oxygen atoms in total. The smallest absolute Gasteiger partial charge is 0.347 e. The van der Waals surface area contributed by atoms with E-state index in [1.54, 1.807) is 13.0 Å². The minimum atomic E-state index is -0.995. The molecule has 1 unspecified atom stereocenters. The summed E-state index contributed by atoms with van der Waals surface area (Å²) in [6, 6.07) is 0.901. The highest BCUT2D eigenvalue weighted by Gasteiger charge is 2.30. The zero-order valence-corrected chi connectivity index (χ0v) is 10.9. The van der Waals surface area contributed by atoms with Gasteiger partial charge in [-0.15, -0.1) is 0 Å². The zero-order chi connectivity index (χ0) is 14.3. The van der Waals surface area contributed by atoms with Crippen LogP contribution in [0.5, 0.6) is 0 Å². The molecule has 0 spiro atoms. The van der Waals surface area contributed by atoms with Crippen molar-refractivity contribution in [3.63, 3.8) is 0 Å². The van der Waals surface area contributed by atoms with E-state index < -0.39 is 17.7 Å². The van der Waals surface area contributed by atoms with Crippen LogP contribution in [0.15, 0.2) is 15.4 Å². The van der Waals surface area contributed by atoms with E-state index in [0.717, 1.165) is 6.42 Å². The molecule has 0 saturated heterocycles. The third-order valence-electron chi connectivity index (χ3n) is 3.40. The van der Waals surface area contributed by atoms with Crippen molar-refractivity contribution in [1.82, 2.24) is 19.5 Å². The summed E-state index contributed by atoms with van der Waals surface area (Å²) in [6.45, 7) is 1.94. The predicted molar refractivity (Wildman–Crippen MR) is 66.4 cm³/mol. The maximum absolute atomic E-state index is 12.3. The molecule has 20 heavy (non-hydrogen) atoms. The van der Waals surface area contributed by atoms with Crippen molar-refractivity contribution in [2.45, 2.75) is 38.8 Å². The lowest BCUT2D eigenvalue weighted by molar-refractivity contribution is -0.141. The minimum Gasteiger partial charge on any atom is -0.480 e. The highest BCUT2D eigenvalue weighted by molar-refractivity contribution is 5.72. The van der Waals surface area contributed by atoms with E-state index >= 15 is 0 Å². The minimum absolute atomic E-state index is 0.183. The van der Waals surface area contributed by atoms with Gasteiger partial charge < -0.3 is 9.63 Å². The first kappa shape index (κ1) is 12.6. The molecular weight excluding hydrogens is 264 g/mol.